The quantitative estimate of drug-likeness (QED) is 0.809. The van der Waals surface area contributed by atoms with Crippen molar-refractivity contribution in [3.8, 4) is 0 Å². The number of likely N-dealkylation sites (tertiary alicyclic amines) is 1. The fourth-order valence-electron chi connectivity index (χ4n) is 3.26. The van der Waals surface area contributed by atoms with Crippen LogP contribution in [0, 0.1) is 5.92 Å². The van der Waals surface area contributed by atoms with Gasteiger partial charge in [0.25, 0.3) is 0 Å². The van der Waals surface area contributed by atoms with E-state index in [1.54, 1.807) is 12.1 Å². The Bertz CT molecular complexity index is 687. The van der Waals surface area contributed by atoms with E-state index in [9.17, 15) is 4.79 Å². The van der Waals surface area contributed by atoms with Gasteiger partial charge < -0.3 is 9.64 Å². The van der Waals surface area contributed by atoms with E-state index in [4.69, 9.17) is 4.74 Å². The van der Waals surface area contributed by atoms with Crippen LogP contribution in [0.2, 0.25) is 0 Å². The largest absolute Gasteiger partial charge is 0.465 e. The molecular weight excluding hydrogens is 292 g/mol. The summed E-state index contributed by atoms with van der Waals surface area (Å²) in [4.78, 5) is 14.1. The molecule has 6 heteroatoms. The Hall–Kier alpha value is -1.95. The Morgan fingerprint density at radius 1 is 1.35 bits per heavy atom. The van der Waals surface area contributed by atoms with Gasteiger partial charge in [-0.2, -0.15) is 0 Å². The van der Waals surface area contributed by atoms with Gasteiger partial charge >= 0.3 is 5.97 Å². The standard InChI is InChI=1S/C17H24N4O2/c1-12(2)20-7-4-13(5-8-20)10-15-18-19-16-11-14(17(22)23-3)6-9-21(15)16/h6,9,11-13H,4-5,7-8,10H2,1-3H3. The number of hydrogen-bond acceptors (Lipinski definition) is 5. The number of methoxy groups -OCH3 is 1. The molecule has 1 aliphatic rings. The summed E-state index contributed by atoms with van der Waals surface area (Å²) in [6.07, 6.45) is 5.20. The molecule has 0 bridgehead atoms. The molecule has 1 aliphatic heterocycles. The molecular formula is C17H24N4O2. The highest BCUT2D eigenvalue weighted by molar-refractivity contribution is 5.90. The van der Waals surface area contributed by atoms with E-state index >= 15 is 0 Å². The van der Waals surface area contributed by atoms with Crippen molar-refractivity contribution >= 4 is 11.6 Å². The molecule has 1 saturated heterocycles. The first-order valence-corrected chi connectivity index (χ1v) is 8.24. The lowest BCUT2D eigenvalue weighted by molar-refractivity contribution is 0.0600. The van der Waals surface area contributed by atoms with Crippen LogP contribution in [-0.4, -0.2) is 51.7 Å². The number of rotatable bonds is 4. The summed E-state index contributed by atoms with van der Waals surface area (Å²) in [5, 5.41) is 8.52. The van der Waals surface area contributed by atoms with Crippen LogP contribution >= 0.6 is 0 Å². The molecule has 1 fully saturated rings. The monoisotopic (exact) mass is 316 g/mol. The second-order valence-electron chi connectivity index (χ2n) is 6.53. The average molecular weight is 316 g/mol. The van der Waals surface area contributed by atoms with Crippen molar-refractivity contribution in [2.24, 2.45) is 5.92 Å². The number of esters is 1. The third kappa shape index (κ3) is 3.37. The van der Waals surface area contributed by atoms with Crippen LogP contribution in [0.5, 0.6) is 0 Å². The summed E-state index contributed by atoms with van der Waals surface area (Å²) in [5.41, 5.74) is 1.20. The van der Waals surface area contributed by atoms with Gasteiger partial charge in [0.1, 0.15) is 5.82 Å². The van der Waals surface area contributed by atoms with Gasteiger partial charge in [0.05, 0.1) is 12.7 Å². The van der Waals surface area contributed by atoms with Crippen LogP contribution in [0.1, 0.15) is 42.9 Å². The minimum atomic E-state index is -0.349. The molecule has 124 valence electrons. The Kier molecular flexibility index (Phi) is 4.61. The summed E-state index contributed by atoms with van der Waals surface area (Å²) in [6.45, 7) is 6.83. The maximum Gasteiger partial charge on any atom is 0.338 e. The Morgan fingerprint density at radius 3 is 2.74 bits per heavy atom. The molecule has 0 aromatic carbocycles. The molecule has 0 aliphatic carbocycles. The van der Waals surface area contributed by atoms with Crippen LogP contribution in [0.25, 0.3) is 5.65 Å². The highest BCUT2D eigenvalue weighted by Gasteiger charge is 2.22. The van der Waals surface area contributed by atoms with Gasteiger partial charge in [0, 0.05) is 18.7 Å². The van der Waals surface area contributed by atoms with E-state index in [2.05, 4.69) is 28.9 Å². The smallest absolute Gasteiger partial charge is 0.338 e. The zero-order valence-electron chi connectivity index (χ0n) is 14.0. The minimum absolute atomic E-state index is 0.349. The number of carbonyl (C=O) groups excluding carboxylic acids is 1. The van der Waals surface area contributed by atoms with Gasteiger partial charge in [-0.05, 0) is 57.8 Å². The average Bonchev–Trinajstić information content (AvgIpc) is 2.96. The lowest BCUT2D eigenvalue weighted by atomic mass is 9.92. The molecule has 0 N–H and O–H groups in total. The SMILES string of the molecule is COC(=O)c1ccn2c(CC3CCN(C(C)C)CC3)nnc2c1. The lowest BCUT2D eigenvalue weighted by Gasteiger charge is -2.34. The van der Waals surface area contributed by atoms with Gasteiger partial charge in [-0.15, -0.1) is 10.2 Å². The van der Waals surface area contributed by atoms with Crippen LogP contribution < -0.4 is 0 Å². The summed E-state index contributed by atoms with van der Waals surface area (Å²) in [7, 11) is 1.38. The fourth-order valence-corrected chi connectivity index (χ4v) is 3.26. The van der Waals surface area contributed by atoms with E-state index in [1.807, 2.05) is 10.6 Å². The highest BCUT2D eigenvalue weighted by Crippen LogP contribution is 2.22. The van der Waals surface area contributed by atoms with Crippen molar-refractivity contribution in [2.45, 2.75) is 39.2 Å². The number of aromatic nitrogens is 3. The second-order valence-corrected chi connectivity index (χ2v) is 6.53. The zero-order valence-corrected chi connectivity index (χ0v) is 14.0. The van der Waals surface area contributed by atoms with Gasteiger partial charge in [-0.1, -0.05) is 0 Å². The molecule has 3 heterocycles. The summed E-state index contributed by atoms with van der Waals surface area (Å²) >= 11 is 0. The highest BCUT2D eigenvalue weighted by atomic mass is 16.5. The zero-order chi connectivity index (χ0) is 16.4. The van der Waals surface area contributed by atoms with E-state index in [0.717, 1.165) is 25.3 Å². The van der Waals surface area contributed by atoms with Crippen molar-refractivity contribution < 1.29 is 9.53 Å². The Balaban J connectivity index is 1.71. The predicted octanol–water partition coefficient (Wildman–Crippen LogP) is 2.18. The number of fused-ring (bicyclic) bond motifs is 1. The fraction of sp³-hybridized carbons (Fsp3) is 0.588. The Labute approximate surface area is 136 Å². The van der Waals surface area contributed by atoms with Gasteiger partial charge in [0.2, 0.25) is 0 Å². The van der Waals surface area contributed by atoms with E-state index < -0.39 is 0 Å². The van der Waals surface area contributed by atoms with Crippen molar-refractivity contribution in [2.75, 3.05) is 20.2 Å². The second kappa shape index (κ2) is 6.66. The number of ether oxygens (including phenoxy) is 1. The number of pyridine rings is 1. The molecule has 0 unspecified atom stereocenters. The molecule has 2 aromatic heterocycles. The molecule has 0 saturated carbocycles. The van der Waals surface area contributed by atoms with Crippen molar-refractivity contribution in [3.63, 3.8) is 0 Å². The number of hydrogen-bond donors (Lipinski definition) is 0. The number of nitrogens with zero attached hydrogens (tertiary/aromatic N) is 4. The first-order valence-electron chi connectivity index (χ1n) is 8.24. The van der Waals surface area contributed by atoms with Crippen LogP contribution in [-0.2, 0) is 11.2 Å². The van der Waals surface area contributed by atoms with E-state index in [-0.39, 0.29) is 5.97 Å². The molecule has 6 nitrogen and oxygen atoms in total. The molecule has 0 amide bonds. The van der Waals surface area contributed by atoms with Crippen LogP contribution in [0.4, 0.5) is 0 Å². The predicted molar refractivity (Wildman–Crippen MR) is 87.5 cm³/mol. The van der Waals surface area contributed by atoms with Crippen molar-refractivity contribution in [1.29, 1.82) is 0 Å². The first-order chi connectivity index (χ1) is 11.1. The topological polar surface area (TPSA) is 59.7 Å². The van der Waals surface area contributed by atoms with E-state index in [1.165, 1.54) is 20.0 Å². The van der Waals surface area contributed by atoms with Gasteiger partial charge in [0.15, 0.2) is 5.65 Å². The summed E-state index contributed by atoms with van der Waals surface area (Å²) in [6, 6.07) is 4.11. The molecule has 0 spiro atoms. The third-order valence-corrected chi connectivity index (χ3v) is 4.75. The minimum Gasteiger partial charge on any atom is -0.465 e. The van der Waals surface area contributed by atoms with Crippen molar-refractivity contribution in [3.05, 3.63) is 29.7 Å². The van der Waals surface area contributed by atoms with Gasteiger partial charge in [-0.25, -0.2) is 4.79 Å². The van der Waals surface area contributed by atoms with E-state index in [0.29, 0.717) is 23.2 Å². The lowest BCUT2D eigenvalue weighted by Crippen LogP contribution is -2.39. The molecule has 23 heavy (non-hydrogen) atoms. The molecule has 0 atom stereocenters. The van der Waals surface area contributed by atoms with Crippen molar-refractivity contribution in [1.82, 2.24) is 19.5 Å². The Morgan fingerprint density at radius 2 is 2.09 bits per heavy atom. The van der Waals surface area contributed by atoms with Crippen LogP contribution in [0.15, 0.2) is 18.3 Å². The molecule has 2 aromatic rings. The van der Waals surface area contributed by atoms with Crippen LogP contribution in [0.3, 0.4) is 0 Å². The molecule has 3 rings (SSSR count). The maximum absolute atomic E-state index is 11.6. The number of piperidine rings is 1. The normalized spacial score (nSPS) is 17.0. The maximum atomic E-state index is 11.6. The van der Waals surface area contributed by atoms with Gasteiger partial charge in [-0.3, -0.25) is 4.40 Å². The summed E-state index contributed by atoms with van der Waals surface area (Å²) < 4.78 is 6.72. The third-order valence-electron chi connectivity index (χ3n) is 4.75. The number of carbonyl (C=O) groups is 1. The first kappa shape index (κ1) is 15.9. The summed E-state index contributed by atoms with van der Waals surface area (Å²) in [5.74, 6) is 1.27. The molecule has 0 radical (unpaired) electrons.